The van der Waals surface area contributed by atoms with Crippen LogP contribution in [0.15, 0.2) is 4.52 Å². The van der Waals surface area contributed by atoms with Gasteiger partial charge in [0.25, 0.3) is 0 Å². The highest BCUT2D eigenvalue weighted by Gasteiger charge is 2.39. The average molecular weight is 267 g/mol. The highest BCUT2D eigenvalue weighted by atomic mass is 16.5. The van der Waals surface area contributed by atoms with Crippen LogP contribution < -0.4 is 5.73 Å². The van der Waals surface area contributed by atoms with Crippen molar-refractivity contribution < 1.29 is 9.26 Å². The van der Waals surface area contributed by atoms with E-state index in [0.717, 1.165) is 25.7 Å². The van der Waals surface area contributed by atoms with Crippen molar-refractivity contribution in [3.05, 3.63) is 11.7 Å². The summed E-state index contributed by atoms with van der Waals surface area (Å²) in [6, 6.07) is -0.258. The molecule has 1 heterocycles. The van der Waals surface area contributed by atoms with Gasteiger partial charge < -0.3 is 15.0 Å². The van der Waals surface area contributed by atoms with Gasteiger partial charge in [-0.3, -0.25) is 0 Å². The Hall–Kier alpha value is -0.940. The number of nitrogens with zero attached hydrogens (tertiary/aromatic N) is 2. The van der Waals surface area contributed by atoms with E-state index in [2.05, 4.69) is 30.9 Å². The van der Waals surface area contributed by atoms with E-state index in [4.69, 9.17) is 15.0 Å². The largest absolute Gasteiger partial charge is 0.370 e. The van der Waals surface area contributed by atoms with Crippen LogP contribution in [0.5, 0.6) is 0 Å². The van der Waals surface area contributed by atoms with Gasteiger partial charge in [0, 0.05) is 7.11 Å². The molecular formula is C14H25N3O2. The maximum absolute atomic E-state index is 6.16. The third-order valence-electron chi connectivity index (χ3n) is 4.10. The maximum atomic E-state index is 6.16. The first-order valence-corrected chi connectivity index (χ1v) is 7.04. The average Bonchev–Trinajstić information content (AvgIpc) is 2.87. The molecule has 0 spiro atoms. The van der Waals surface area contributed by atoms with Crippen LogP contribution in [0, 0.1) is 5.41 Å². The highest BCUT2D eigenvalue weighted by molar-refractivity contribution is 5.05. The van der Waals surface area contributed by atoms with E-state index in [1.54, 1.807) is 7.11 Å². The molecule has 0 saturated heterocycles. The van der Waals surface area contributed by atoms with Crippen molar-refractivity contribution in [1.29, 1.82) is 0 Å². The summed E-state index contributed by atoms with van der Waals surface area (Å²) in [6.07, 6.45) is 5.43. The normalized spacial score (nSPS) is 21.3. The van der Waals surface area contributed by atoms with E-state index in [1.807, 2.05) is 0 Å². The fraction of sp³-hybridized carbons (Fsp3) is 0.857. The minimum atomic E-state index is -0.377. The van der Waals surface area contributed by atoms with E-state index in [-0.39, 0.29) is 17.1 Å². The van der Waals surface area contributed by atoms with Crippen molar-refractivity contribution >= 4 is 0 Å². The maximum Gasteiger partial charge on any atom is 0.244 e. The second-order valence-corrected chi connectivity index (χ2v) is 6.56. The van der Waals surface area contributed by atoms with Gasteiger partial charge >= 0.3 is 0 Å². The van der Waals surface area contributed by atoms with Gasteiger partial charge in [-0.2, -0.15) is 4.98 Å². The molecule has 5 heteroatoms. The zero-order valence-electron chi connectivity index (χ0n) is 12.4. The zero-order chi connectivity index (χ0) is 14.1. The molecule has 0 radical (unpaired) electrons. The molecule has 1 aromatic rings. The van der Waals surface area contributed by atoms with Gasteiger partial charge in [0.2, 0.25) is 11.7 Å². The van der Waals surface area contributed by atoms with Gasteiger partial charge in [0.05, 0.1) is 6.04 Å². The van der Waals surface area contributed by atoms with Crippen LogP contribution >= 0.6 is 0 Å². The molecular weight excluding hydrogens is 242 g/mol. The van der Waals surface area contributed by atoms with Crippen LogP contribution in [0.3, 0.4) is 0 Å². The summed E-state index contributed by atoms with van der Waals surface area (Å²) in [5, 5.41) is 4.13. The second kappa shape index (κ2) is 5.21. The van der Waals surface area contributed by atoms with Crippen LogP contribution in [0.4, 0.5) is 0 Å². The molecule has 0 bridgehead atoms. The molecule has 2 N–H and O–H groups in total. The summed E-state index contributed by atoms with van der Waals surface area (Å²) >= 11 is 0. The van der Waals surface area contributed by atoms with E-state index in [9.17, 15) is 0 Å². The monoisotopic (exact) mass is 267 g/mol. The Balaban J connectivity index is 2.24. The molecule has 108 valence electrons. The first-order chi connectivity index (χ1) is 8.89. The molecule has 1 aromatic heterocycles. The lowest BCUT2D eigenvalue weighted by Crippen LogP contribution is -2.33. The summed E-state index contributed by atoms with van der Waals surface area (Å²) in [5.41, 5.74) is 5.68. The smallest absolute Gasteiger partial charge is 0.244 e. The minimum absolute atomic E-state index is 0.101. The van der Waals surface area contributed by atoms with Gasteiger partial charge in [-0.1, -0.05) is 45.2 Å². The molecule has 1 fully saturated rings. The lowest BCUT2D eigenvalue weighted by molar-refractivity contribution is -0.0527. The number of aromatic nitrogens is 2. The molecule has 19 heavy (non-hydrogen) atoms. The lowest BCUT2D eigenvalue weighted by atomic mass is 9.84. The molecule has 1 saturated carbocycles. The summed E-state index contributed by atoms with van der Waals surface area (Å²) in [6.45, 7) is 6.19. The fourth-order valence-electron chi connectivity index (χ4n) is 2.56. The standard InChI is InChI=1S/C14H25N3O2/c1-13(2,3)10(15)11-16-12(17-19-11)14(18-4)8-6-5-7-9-14/h10H,5-9,15H2,1-4H3/t10-/m0/s1. The van der Waals surface area contributed by atoms with E-state index < -0.39 is 0 Å². The first kappa shape index (κ1) is 14.5. The fourth-order valence-corrected chi connectivity index (χ4v) is 2.56. The summed E-state index contributed by atoms with van der Waals surface area (Å²) < 4.78 is 11.1. The second-order valence-electron chi connectivity index (χ2n) is 6.56. The quantitative estimate of drug-likeness (QED) is 0.911. The van der Waals surface area contributed by atoms with Crippen LogP contribution in [0.2, 0.25) is 0 Å². The summed E-state index contributed by atoms with van der Waals surface area (Å²) in [7, 11) is 1.73. The molecule has 0 amide bonds. The Morgan fingerprint density at radius 3 is 2.42 bits per heavy atom. The molecule has 0 unspecified atom stereocenters. The van der Waals surface area contributed by atoms with Crippen LogP contribution in [0.25, 0.3) is 0 Å². The van der Waals surface area contributed by atoms with Crippen LogP contribution in [0.1, 0.15) is 70.6 Å². The molecule has 1 atom stereocenters. The van der Waals surface area contributed by atoms with Crippen LogP contribution in [-0.4, -0.2) is 17.3 Å². The van der Waals surface area contributed by atoms with Crippen molar-refractivity contribution in [3.63, 3.8) is 0 Å². The predicted molar refractivity (Wildman–Crippen MR) is 72.5 cm³/mol. The molecule has 5 nitrogen and oxygen atoms in total. The molecule has 0 aromatic carbocycles. The number of ether oxygens (including phenoxy) is 1. The number of methoxy groups -OCH3 is 1. The van der Waals surface area contributed by atoms with Gasteiger partial charge in [-0.25, -0.2) is 0 Å². The third-order valence-corrected chi connectivity index (χ3v) is 4.10. The van der Waals surface area contributed by atoms with E-state index >= 15 is 0 Å². The van der Waals surface area contributed by atoms with Crippen molar-refractivity contribution in [3.8, 4) is 0 Å². The van der Waals surface area contributed by atoms with Crippen molar-refractivity contribution in [2.24, 2.45) is 11.1 Å². The molecule has 1 aliphatic carbocycles. The van der Waals surface area contributed by atoms with E-state index in [0.29, 0.717) is 11.7 Å². The third kappa shape index (κ3) is 2.82. The van der Waals surface area contributed by atoms with Crippen molar-refractivity contribution in [2.45, 2.75) is 64.5 Å². The Kier molecular flexibility index (Phi) is 3.97. The number of hydrogen-bond donors (Lipinski definition) is 1. The molecule has 1 aliphatic rings. The van der Waals surface area contributed by atoms with Crippen molar-refractivity contribution in [2.75, 3.05) is 7.11 Å². The lowest BCUT2D eigenvalue weighted by Gasteiger charge is -2.32. The van der Waals surface area contributed by atoms with E-state index in [1.165, 1.54) is 6.42 Å². The zero-order valence-corrected chi connectivity index (χ0v) is 12.4. The Morgan fingerprint density at radius 2 is 1.89 bits per heavy atom. The van der Waals surface area contributed by atoms with Crippen LogP contribution in [-0.2, 0) is 10.3 Å². The topological polar surface area (TPSA) is 74.2 Å². The van der Waals surface area contributed by atoms with Gasteiger partial charge in [-0.05, 0) is 18.3 Å². The Bertz CT molecular complexity index is 417. The number of hydrogen-bond acceptors (Lipinski definition) is 5. The first-order valence-electron chi connectivity index (χ1n) is 7.04. The Labute approximate surface area is 114 Å². The summed E-state index contributed by atoms with van der Waals surface area (Å²) in [5.74, 6) is 1.16. The highest BCUT2D eigenvalue weighted by Crippen LogP contribution is 2.39. The Morgan fingerprint density at radius 1 is 1.26 bits per heavy atom. The summed E-state index contributed by atoms with van der Waals surface area (Å²) in [4.78, 5) is 4.52. The minimum Gasteiger partial charge on any atom is -0.370 e. The van der Waals surface area contributed by atoms with Gasteiger partial charge in [-0.15, -0.1) is 0 Å². The predicted octanol–water partition coefficient (Wildman–Crippen LogP) is 2.92. The SMILES string of the molecule is COC1(c2noc([C@H](N)C(C)(C)C)n2)CCCCC1. The van der Waals surface area contributed by atoms with Gasteiger partial charge in [0.15, 0.2) is 0 Å². The molecule has 2 rings (SSSR count). The number of rotatable bonds is 3. The van der Waals surface area contributed by atoms with Gasteiger partial charge in [0.1, 0.15) is 5.60 Å². The molecule has 0 aliphatic heterocycles. The van der Waals surface area contributed by atoms with Crippen molar-refractivity contribution in [1.82, 2.24) is 10.1 Å². The number of nitrogens with two attached hydrogens (primary N) is 1.